The second-order valence-electron chi connectivity index (χ2n) is 9.71. The van der Waals surface area contributed by atoms with Gasteiger partial charge in [0.15, 0.2) is 0 Å². The molecule has 5 atom stereocenters. The van der Waals surface area contributed by atoms with E-state index in [4.69, 9.17) is 4.74 Å². The number of aryl methyl sites for hydroxylation is 1. The topological polar surface area (TPSA) is 46.5 Å². The lowest BCUT2D eigenvalue weighted by molar-refractivity contribution is -0.157. The van der Waals surface area contributed by atoms with Crippen LogP contribution in [0, 0.1) is 17.3 Å². The number of benzene rings is 1. The molecule has 0 heterocycles. The van der Waals surface area contributed by atoms with E-state index in [1.165, 1.54) is 43.2 Å². The summed E-state index contributed by atoms with van der Waals surface area (Å²) in [5, 5.41) is 9.84. The molecule has 3 aliphatic rings. The van der Waals surface area contributed by atoms with Crippen LogP contribution in [0.1, 0.15) is 95.1 Å². The molecule has 1 aromatic carbocycles. The average molecular weight is 385 g/mol. The van der Waals surface area contributed by atoms with Gasteiger partial charge in [-0.15, -0.1) is 0 Å². The van der Waals surface area contributed by atoms with E-state index >= 15 is 0 Å². The van der Waals surface area contributed by atoms with E-state index < -0.39 is 0 Å². The maximum absolute atomic E-state index is 12.4. The molecule has 3 nitrogen and oxygen atoms in total. The van der Waals surface area contributed by atoms with Gasteiger partial charge in [-0.05, 0) is 86.0 Å². The third-order valence-corrected chi connectivity index (χ3v) is 8.13. The van der Waals surface area contributed by atoms with Gasteiger partial charge in [0.2, 0.25) is 0 Å². The number of fused-ring (bicyclic) bond motifs is 5. The van der Waals surface area contributed by atoms with Crippen LogP contribution in [-0.4, -0.2) is 17.2 Å². The van der Waals surface area contributed by atoms with Crippen molar-refractivity contribution in [3.63, 3.8) is 0 Å². The molecule has 0 aliphatic heterocycles. The van der Waals surface area contributed by atoms with E-state index in [-0.39, 0.29) is 17.5 Å². The van der Waals surface area contributed by atoms with Crippen molar-refractivity contribution in [3.05, 3.63) is 29.3 Å². The molecule has 0 amide bonds. The monoisotopic (exact) mass is 384 g/mol. The summed E-state index contributed by atoms with van der Waals surface area (Å²) < 4.78 is 6.06. The Bertz CT molecular complexity index is 712. The first-order valence-electron chi connectivity index (χ1n) is 11.5. The summed E-state index contributed by atoms with van der Waals surface area (Å²) >= 11 is 0. The fourth-order valence-corrected chi connectivity index (χ4v) is 6.63. The Kier molecular flexibility index (Phi) is 5.71. The minimum absolute atomic E-state index is 0.0227. The molecule has 0 saturated heterocycles. The van der Waals surface area contributed by atoms with Crippen molar-refractivity contribution in [2.45, 2.75) is 96.5 Å². The molecule has 1 aromatic rings. The van der Waals surface area contributed by atoms with Gasteiger partial charge in [0, 0.05) is 11.8 Å². The van der Waals surface area contributed by atoms with Gasteiger partial charge in [-0.2, -0.15) is 0 Å². The number of phenolic OH excluding ortho intramolecular Hbond substituents is 1. The molecule has 4 rings (SSSR count). The smallest absolute Gasteiger partial charge is 0.306 e. The van der Waals surface area contributed by atoms with E-state index in [0.29, 0.717) is 29.9 Å². The molecule has 154 valence electrons. The molecule has 1 N–H and O–H groups in total. The zero-order valence-corrected chi connectivity index (χ0v) is 17.6. The lowest BCUT2D eigenvalue weighted by Crippen LogP contribution is -2.45. The minimum Gasteiger partial charge on any atom is -0.508 e. The Balaban J connectivity index is 1.42. The van der Waals surface area contributed by atoms with Crippen molar-refractivity contribution in [2.24, 2.45) is 17.3 Å². The maximum Gasteiger partial charge on any atom is 0.306 e. The highest BCUT2D eigenvalue weighted by atomic mass is 16.5. The molecule has 0 aromatic heterocycles. The van der Waals surface area contributed by atoms with Crippen LogP contribution in [0.2, 0.25) is 0 Å². The normalized spacial score (nSPS) is 33.6. The number of unbranched alkanes of at least 4 members (excludes halogenated alkanes) is 3. The molecule has 28 heavy (non-hydrogen) atoms. The number of carbonyl (C=O) groups excluding carboxylic acids is 1. The van der Waals surface area contributed by atoms with Crippen LogP contribution >= 0.6 is 0 Å². The lowest BCUT2D eigenvalue weighted by Gasteiger charge is -2.50. The fourth-order valence-electron chi connectivity index (χ4n) is 6.63. The Hall–Kier alpha value is -1.51. The highest BCUT2D eigenvalue weighted by molar-refractivity contribution is 5.69. The van der Waals surface area contributed by atoms with Gasteiger partial charge in [0.05, 0.1) is 0 Å². The summed E-state index contributed by atoms with van der Waals surface area (Å²) in [5.74, 6) is 2.39. The number of hydrogen-bond acceptors (Lipinski definition) is 3. The summed E-state index contributed by atoms with van der Waals surface area (Å²) in [5.41, 5.74) is 2.96. The molecule has 2 fully saturated rings. The first-order chi connectivity index (χ1) is 13.5. The SMILES string of the molecule is CCCCCCC(=O)OC1CCC2C3CCc4cc(O)ccc4C3CC[C@]12C. The molecule has 2 saturated carbocycles. The molecule has 0 spiro atoms. The van der Waals surface area contributed by atoms with E-state index in [1.807, 2.05) is 12.1 Å². The second kappa shape index (κ2) is 8.08. The Labute approximate surface area is 169 Å². The second-order valence-corrected chi connectivity index (χ2v) is 9.71. The van der Waals surface area contributed by atoms with Crippen molar-refractivity contribution in [3.8, 4) is 5.75 Å². The van der Waals surface area contributed by atoms with Gasteiger partial charge in [0.25, 0.3) is 0 Å². The van der Waals surface area contributed by atoms with Gasteiger partial charge in [-0.3, -0.25) is 4.79 Å². The molecular weight excluding hydrogens is 348 g/mol. The predicted octanol–water partition coefficient (Wildman–Crippen LogP) is 6.13. The molecule has 3 aliphatic carbocycles. The number of carbonyl (C=O) groups is 1. The number of phenols is 1. The third-order valence-electron chi connectivity index (χ3n) is 8.13. The van der Waals surface area contributed by atoms with Crippen molar-refractivity contribution in [2.75, 3.05) is 0 Å². The number of rotatable bonds is 6. The van der Waals surface area contributed by atoms with Crippen molar-refractivity contribution >= 4 is 5.97 Å². The quantitative estimate of drug-likeness (QED) is 0.474. The van der Waals surface area contributed by atoms with Gasteiger partial charge in [0.1, 0.15) is 11.9 Å². The third kappa shape index (κ3) is 3.57. The summed E-state index contributed by atoms with van der Waals surface area (Å²) in [6.07, 6.45) is 12.0. The highest BCUT2D eigenvalue weighted by Crippen LogP contribution is 2.61. The van der Waals surface area contributed by atoms with Crippen LogP contribution in [0.4, 0.5) is 0 Å². The summed E-state index contributed by atoms with van der Waals surface area (Å²) in [6, 6.07) is 5.98. The summed E-state index contributed by atoms with van der Waals surface area (Å²) in [6.45, 7) is 4.59. The van der Waals surface area contributed by atoms with Crippen molar-refractivity contribution in [1.29, 1.82) is 0 Å². The Morgan fingerprint density at radius 3 is 2.86 bits per heavy atom. The van der Waals surface area contributed by atoms with Crippen molar-refractivity contribution < 1.29 is 14.6 Å². The number of hydrogen-bond donors (Lipinski definition) is 1. The van der Waals surface area contributed by atoms with E-state index in [0.717, 1.165) is 32.1 Å². The standard InChI is InChI=1S/C25H36O3/c1-3-4-5-6-7-24(27)28-23-13-12-22-21-10-8-17-16-18(26)9-11-19(17)20(21)14-15-25(22,23)2/h9,11,16,20-23,26H,3-8,10,12-15H2,1-2H3/t20?,21?,22?,23?,25-/m0/s1. The lowest BCUT2D eigenvalue weighted by atomic mass is 9.55. The summed E-state index contributed by atoms with van der Waals surface area (Å²) in [4.78, 5) is 12.4. The summed E-state index contributed by atoms with van der Waals surface area (Å²) in [7, 11) is 0. The largest absolute Gasteiger partial charge is 0.508 e. The van der Waals surface area contributed by atoms with Gasteiger partial charge >= 0.3 is 5.97 Å². The molecule has 3 heteroatoms. The Morgan fingerprint density at radius 1 is 1.18 bits per heavy atom. The van der Waals surface area contributed by atoms with Crippen LogP contribution in [0.15, 0.2) is 18.2 Å². The van der Waals surface area contributed by atoms with Crippen molar-refractivity contribution in [1.82, 2.24) is 0 Å². The van der Waals surface area contributed by atoms with E-state index in [9.17, 15) is 9.90 Å². The van der Waals surface area contributed by atoms with Crippen LogP contribution in [0.5, 0.6) is 5.75 Å². The molecular formula is C25H36O3. The minimum atomic E-state index is 0.0227. The number of esters is 1. The van der Waals surface area contributed by atoms with Gasteiger partial charge in [-0.1, -0.05) is 39.2 Å². The van der Waals surface area contributed by atoms with Crippen LogP contribution in [0.25, 0.3) is 0 Å². The fraction of sp³-hybridized carbons (Fsp3) is 0.720. The predicted molar refractivity (Wildman–Crippen MR) is 111 cm³/mol. The molecule has 0 bridgehead atoms. The van der Waals surface area contributed by atoms with E-state index in [2.05, 4.69) is 19.9 Å². The zero-order chi connectivity index (χ0) is 19.7. The Morgan fingerprint density at radius 2 is 2.04 bits per heavy atom. The zero-order valence-electron chi connectivity index (χ0n) is 17.6. The van der Waals surface area contributed by atoms with Crippen LogP contribution < -0.4 is 0 Å². The first kappa shape index (κ1) is 19.8. The highest BCUT2D eigenvalue weighted by Gasteiger charge is 2.56. The van der Waals surface area contributed by atoms with Gasteiger partial charge in [-0.25, -0.2) is 0 Å². The molecule has 4 unspecified atom stereocenters. The molecule has 0 radical (unpaired) electrons. The average Bonchev–Trinajstić information content (AvgIpc) is 3.01. The van der Waals surface area contributed by atoms with Gasteiger partial charge < -0.3 is 9.84 Å². The number of aromatic hydroxyl groups is 1. The van der Waals surface area contributed by atoms with E-state index in [1.54, 1.807) is 0 Å². The number of ether oxygens (including phenoxy) is 1. The van der Waals surface area contributed by atoms with Crippen LogP contribution in [0.3, 0.4) is 0 Å². The first-order valence-corrected chi connectivity index (χ1v) is 11.5. The van der Waals surface area contributed by atoms with Crippen LogP contribution in [-0.2, 0) is 16.0 Å². The maximum atomic E-state index is 12.4.